The van der Waals surface area contributed by atoms with Crippen molar-refractivity contribution in [1.29, 1.82) is 0 Å². The second kappa shape index (κ2) is 7.22. The van der Waals surface area contributed by atoms with Gasteiger partial charge in [0, 0.05) is 12.3 Å². The van der Waals surface area contributed by atoms with Crippen LogP contribution in [-0.2, 0) is 15.9 Å². The lowest BCUT2D eigenvalue weighted by Crippen LogP contribution is -2.38. The van der Waals surface area contributed by atoms with Crippen LogP contribution in [-0.4, -0.2) is 19.5 Å². The minimum absolute atomic E-state index is 0.225. The summed E-state index contributed by atoms with van der Waals surface area (Å²) < 4.78 is 50.9. The molecule has 0 unspecified atom stereocenters. The molecule has 2 nitrogen and oxygen atoms in total. The summed E-state index contributed by atoms with van der Waals surface area (Å²) in [5.41, 5.74) is 0.344. The number of ether oxygens (including phenoxy) is 2. The molecule has 3 rings (SSSR count). The second-order valence-electron chi connectivity index (χ2n) is 6.95. The molecule has 1 aliphatic carbocycles. The molecule has 5 heteroatoms. The van der Waals surface area contributed by atoms with Gasteiger partial charge in [-0.15, -0.1) is 0 Å². The number of hydrogen-bond donors (Lipinski definition) is 0. The monoisotopic (exact) mass is 328 g/mol. The van der Waals surface area contributed by atoms with Crippen molar-refractivity contribution in [3.05, 3.63) is 35.1 Å². The Kier molecular flexibility index (Phi) is 5.27. The average Bonchev–Trinajstić information content (AvgIpc) is 2.54. The Morgan fingerprint density at radius 1 is 0.913 bits per heavy atom. The highest BCUT2D eigenvalue weighted by molar-refractivity contribution is 5.20. The Morgan fingerprint density at radius 2 is 1.48 bits per heavy atom. The first-order valence-electron chi connectivity index (χ1n) is 8.39. The minimum Gasteiger partial charge on any atom is -0.352 e. The van der Waals surface area contributed by atoms with Crippen molar-refractivity contribution in [3.8, 4) is 0 Å². The van der Waals surface area contributed by atoms with E-state index in [0.717, 1.165) is 18.1 Å². The maximum atomic E-state index is 13.2. The fourth-order valence-electron chi connectivity index (χ4n) is 3.62. The predicted octanol–water partition coefficient (Wildman–Crippen LogP) is 4.46. The topological polar surface area (TPSA) is 18.5 Å². The van der Waals surface area contributed by atoms with E-state index in [-0.39, 0.29) is 6.42 Å². The van der Waals surface area contributed by atoms with Crippen molar-refractivity contribution in [1.82, 2.24) is 0 Å². The maximum absolute atomic E-state index is 13.2. The Morgan fingerprint density at radius 3 is 2.04 bits per heavy atom. The lowest BCUT2D eigenvalue weighted by Gasteiger charge is -2.37. The van der Waals surface area contributed by atoms with Gasteiger partial charge in [0.05, 0.1) is 13.2 Å². The zero-order chi connectivity index (χ0) is 16.4. The largest absolute Gasteiger partial charge is 0.352 e. The average molecular weight is 328 g/mol. The summed E-state index contributed by atoms with van der Waals surface area (Å²) in [5.74, 6) is -1.93. The first kappa shape index (κ1) is 16.8. The fraction of sp³-hybridized carbons (Fsp3) is 0.667. The Labute approximate surface area is 135 Å². The van der Waals surface area contributed by atoms with E-state index in [1.165, 1.54) is 25.7 Å². The van der Waals surface area contributed by atoms with E-state index in [1.807, 2.05) is 0 Å². The van der Waals surface area contributed by atoms with Crippen molar-refractivity contribution in [3.63, 3.8) is 0 Å². The van der Waals surface area contributed by atoms with Crippen molar-refractivity contribution in [2.75, 3.05) is 13.2 Å². The molecule has 1 heterocycles. The van der Waals surface area contributed by atoms with E-state index < -0.39 is 23.7 Å². The lowest BCUT2D eigenvalue weighted by atomic mass is 9.76. The van der Waals surface area contributed by atoms with Gasteiger partial charge in [0.1, 0.15) is 0 Å². The van der Waals surface area contributed by atoms with E-state index in [1.54, 1.807) is 0 Å². The Balaban J connectivity index is 1.51. The van der Waals surface area contributed by atoms with Gasteiger partial charge in [0.25, 0.3) is 0 Å². The molecule has 0 amide bonds. The predicted molar refractivity (Wildman–Crippen MR) is 80.3 cm³/mol. The van der Waals surface area contributed by atoms with Crippen LogP contribution in [0.15, 0.2) is 12.1 Å². The van der Waals surface area contributed by atoms with Gasteiger partial charge in [-0.2, -0.15) is 0 Å². The molecule has 0 atom stereocenters. The SMILES string of the molecule is CC1CCC(C2COC(Cc3cc(F)c(F)c(F)c3)OC2)CC1. The van der Waals surface area contributed by atoms with Crippen molar-refractivity contribution < 1.29 is 22.6 Å². The van der Waals surface area contributed by atoms with Gasteiger partial charge < -0.3 is 9.47 Å². The van der Waals surface area contributed by atoms with Crippen LogP contribution in [0, 0.1) is 35.2 Å². The summed E-state index contributed by atoms with van der Waals surface area (Å²) in [6, 6.07) is 2.00. The highest BCUT2D eigenvalue weighted by Gasteiger charge is 2.31. The normalized spacial score (nSPS) is 32.0. The molecule has 1 saturated carbocycles. The highest BCUT2D eigenvalue weighted by Crippen LogP contribution is 2.35. The smallest absolute Gasteiger partial charge is 0.194 e. The van der Waals surface area contributed by atoms with Crippen molar-refractivity contribution >= 4 is 0 Å². The van der Waals surface area contributed by atoms with E-state index in [9.17, 15) is 13.2 Å². The van der Waals surface area contributed by atoms with Crippen LogP contribution in [0.3, 0.4) is 0 Å². The van der Waals surface area contributed by atoms with Gasteiger partial charge >= 0.3 is 0 Å². The summed E-state index contributed by atoms with van der Waals surface area (Å²) in [6.45, 7) is 3.53. The summed E-state index contributed by atoms with van der Waals surface area (Å²) >= 11 is 0. The number of rotatable bonds is 3. The van der Waals surface area contributed by atoms with Crippen LogP contribution in [0.25, 0.3) is 0 Å². The van der Waals surface area contributed by atoms with Crippen molar-refractivity contribution in [2.24, 2.45) is 17.8 Å². The molecular weight excluding hydrogens is 305 g/mol. The number of benzene rings is 1. The third kappa shape index (κ3) is 4.07. The summed E-state index contributed by atoms with van der Waals surface area (Å²) in [6.07, 6.45) is 4.67. The molecule has 0 aromatic heterocycles. The molecule has 1 aromatic carbocycles. The van der Waals surface area contributed by atoms with E-state index in [0.29, 0.717) is 30.6 Å². The zero-order valence-electron chi connectivity index (χ0n) is 13.4. The molecule has 1 aliphatic heterocycles. The minimum atomic E-state index is -1.44. The zero-order valence-corrected chi connectivity index (χ0v) is 13.4. The van der Waals surface area contributed by atoms with Gasteiger partial charge in [-0.1, -0.05) is 19.8 Å². The molecule has 0 bridgehead atoms. The molecule has 0 N–H and O–H groups in total. The molecule has 2 aliphatic rings. The van der Waals surface area contributed by atoms with Crippen molar-refractivity contribution in [2.45, 2.75) is 45.3 Å². The van der Waals surface area contributed by atoms with Gasteiger partial charge in [-0.25, -0.2) is 13.2 Å². The summed E-state index contributed by atoms with van der Waals surface area (Å²) in [5, 5.41) is 0. The molecule has 1 saturated heterocycles. The standard InChI is InChI=1S/C18H23F3O2/c1-11-2-4-13(5-3-11)14-9-22-17(23-10-14)8-12-6-15(19)18(21)16(20)7-12/h6-7,11,13-14,17H,2-5,8-10H2,1H3. The van der Waals surface area contributed by atoms with Crippen LogP contribution in [0.2, 0.25) is 0 Å². The van der Waals surface area contributed by atoms with E-state index in [4.69, 9.17) is 9.47 Å². The third-order valence-corrected chi connectivity index (χ3v) is 5.17. The quantitative estimate of drug-likeness (QED) is 0.763. The Bertz CT molecular complexity index is 510. The first-order valence-corrected chi connectivity index (χ1v) is 8.39. The second-order valence-corrected chi connectivity index (χ2v) is 6.95. The molecule has 0 spiro atoms. The Hall–Kier alpha value is -1.07. The third-order valence-electron chi connectivity index (χ3n) is 5.17. The molecule has 128 valence electrons. The van der Waals surface area contributed by atoms with Gasteiger partial charge in [0.2, 0.25) is 0 Å². The first-order chi connectivity index (χ1) is 11.0. The van der Waals surface area contributed by atoms with Crippen LogP contribution < -0.4 is 0 Å². The number of hydrogen-bond acceptors (Lipinski definition) is 2. The summed E-state index contributed by atoms with van der Waals surface area (Å²) in [4.78, 5) is 0. The van der Waals surface area contributed by atoms with Crippen LogP contribution in [0.1, 0.15) is 38.2 Å². The molecule has 1 aromatic rings. The van der Waals surface area contributed by atoms with E-state index >= 15 is 0 Å². The summed E-state index contributed by atoms with van der Waals surface area (Å²) in [7, 11) is 0. The van der Waals surface area contributed by atoms with Crippen LogP contribution in [0.5, 0.6) is 0 Å². The molecular formula is C18H23F3O2. The van der Waals surface area contributed by atoms with E-state index in [2.05, 4.69) is 6.92 Å². The van der Waals surface area contributed by atoms with Crippen LogP contribution >= 0.6 is 0 Å². The highest BCUT2D eigenvalue weighted by atomic mass is 19.2. The molecule has 0 radical (unpaired) electrons. The van der Waals surface area contributed by atoms with Gasteiger partial charge in [-0.3, -0.25) is 0 Å². The maximum Gasteiger partial charge on any atom is 0.194 e. The molecule has 2 fully saturated rings. The number of halogens is 3. The van der Waals surface area contributed by atoms with Gasteiger partial charge in [0.15, 0.2) is 23.7 Å². The van der Waals surface area contributed by atoms with Gasteiger partial charge in [-0.05, 0) is 42.4 Å². The lowest BCUT2D eigenvalue weighted by molar-refractivity contribution is -0.208. The van der Waals surface area contributed by atoms with Crippen LogP contribution in [0.4, 0.5) is 13.2 Å². The molecule has 23 heavy (non-hydrogen) atoms. The fourth-order valence-corrected chi connectivity index (χ4v) is 3.62.